The second-order valence-corrected chi connectivity index (χ2v) is 7.71. The molecule has 6 nitrogen and oxygen atoms in total. The number of aromatic amines is 1. The van der Waals surface area contributed by atoms with Gasteiger partial charge in [-0.2, -0.15) is 0 Å². The first-order valence-electron chi connectivity index (χ1n) is 9.29. The number of nitrogens with zero attached hydrogens (tertiary/aromatic N) is 2. The molecule has 4 rings (SSSR count). The van der Waals surface area contributed by atoms with E-state index >= 15 is 0 Å². The predicted octanol–water partition coefficient (Wildman–Crippen LogP) is 3.21. The van der Waals surface area contributed by atoms with Crippen LogP contribution in [0.3, 0.4) is 0 Å². The van der Waals surface area contributed by atoms with E-state index < -0.39 is 0 Å². The zero-order valence-electron chi connectivity index (χ0n) is 15.3. The average molecular weight is 395 g/mol. The standard InChI is InChI=1S/C21H21N3O3S/c25-20(10-9-16-6-4-12-28-16)24(13-15-5-3-11-27-15)14-19-22-18-8-2-1-7-17(18)21(26)23-19/h1-2,4,6-10,12,15H,3,5,11,13-14H2,(H,22,23,26). The minimum atomic E-state index is -0.195. The van der Waals surface area contributed by atoms with Gasteiger partial charge in [0.2, 0.25) is 5.91 Å². The van der Waals surface area contributed by atoms with E-state index in [0.29, 0.717) is 23.3 Å². The number of aromatic nitrogens is 2. The normalized spacial score (nSPS) is 16.8. The van der Waals surface area contributed by atoms with E-state index in [9.17, 15) is 9.59 Å². The van der Waals surface area contributed by atoms with Gasteiger partial charge in [0.1, 0.15) is 5.82 Å². The van der Waals surface area contributed by atoms with Crippen molar-refractivity contribution in [2.45, 2.75) is 25.5 Å². The molecule has 3 heterocycles. The van der Waals surface area contributed by atoms with E-state index in [1.807, 2.05) is 35.7 Å². The number of hydrogen-bond acceptors (Lipinski definition) is 5. The Labute approximate surface area is 166 Å². The molecule has 2 aromatic heterocycles. The van der Waals surface area contributed by atoms with Gasteiger partial charge in [0.15, 0.2) is 0 Å². The van der Waals surface area contributed by atoms with Crippen molar-refractivity contribution in [1.29, 1.82) is 0 Å². The zero-order valence-corrected chi connectivity index (χ0v) is 16.2. The van der Waals surface area contributed by atoms with Crippen molar-refractivity contribution in [3.05, 3.63) is 68.9 Å². The maximum Gasteiger partial charge on any atom is 0.258 e. The van der Waals surface area contributed by atoms with Crippen molar-refractivity contribution in [2.75, 3.05) is 13.2 Å². The first-order chi connectivity index (χ1) is 13.7. The molecule has 1 amide bonds. The molecule has 3 aromatic rings. The molecule has 1 aliphatic heterocycles. The van der Waals surface area contributed by atoms with E-state index in [0.717, 1.165) is 24.3 Å². The van der Waals surface area contributed by atoms with Gasteiger partial charge in [0.25, 0.3) is 5.56 Å². The van der Waals surface area contributed by atoms with Gasteiger partial charge in [-0.3, -0.25) is 9.59 Å². The predicted molar refractivity (Wildman–Crippen MR) is 110 cm³/mol. The number of ether oxygens (including phenoxy) is 1. The Kier molecular flexibility index (Phi) is 5.64. The van der Waals surface area contributed by atoms with Gasteiger partial charge in [-0.15, -0.1) is 11.3 Å². The minimum Gasteiger partial charge on any atom is -0.376 e. The van der Waals surface area contributed by atoms with Crippen LogP contribution in [-0.4, -0.2) is 40.0 Å². The van der Waals surface area contributed by atoms with Crippen molar-refractivity contribution >= 4 is 34.2 Å². The molecule has 1 N–H and O–H groups in total. The molecule has 0 bridgehead atoms. The van der Waals surface area contributed by atoms with Crippen molar-refractivity contribution in [1.82, 2.24) is 14.9 Å². The summed E-state index contributed by atoms with van der Waals surface area (Å²) in [5.41, 5.74) is 0.430. The first-order valence-corrected chi connectivity index (χ1v) is 10.2. The molecule has 144 valence electrons. The van der Waals surface area contributed by atoms with Crippen LogP contribution in [0.25, 0.3) is 17.0 Å². The number of H-pyrrole nitrogens is 1. The van der Waals surface area contributed by atoms with Crippen LogP contribution in [0.2, 0.25) is 0 Å². The summed E-state index contributed by atoms with van der Waals surface area (Å²) in [6.45, 7) is 1.43. The van der Waals surface area contributed by atoms with Crippen LogP contribution in [0.5, 0.6) is 0 Å². The molecule has 1 saturated heterocycles. The monoisotopic (exact) mass is 395 g/mol. The Balaban J connectivity index is 1.57. The summed E-state index contributed by atoms with van der Waals surface area (Å²) in [5, 5.41) is 2.51. The fraction of sp³-hybridized carbons (Fsp3) is 0.286. The van der Waals surface area contributed by atoms with Gasteiger partial charge >= 0.3 is 0 Å². The number of para-hydroxylation sites is 1. The van der Waals surface area contributed by atoms with E-state index in [-0.39, 0.29) is 24.1 Å². The summed E-state index contributed by atoms with van der Waals surface area (Å²) >= 11 is 1.57. The van der Waals surface area contributed by atoms with Crippen LogP contribution < -0.4 is 5.56 Å². The molecule has 1 unspecified atom stereocenters. The molecule has 28 heavy (non-hydrogen) atoms. The summed E-state index contributed by atoms with van der Waals surface area (Å²) in [4.78, 5) is 35.2. The van der Waals surface area contributed by atoms with Crippen LogP contribution in [0.15, 0.2) is 52.6 Å². The maximum atomic E-state index is 12.8. The number of thiophene rings is 1. The molecule has 1 aromatic carbocycles. The van der Waals surface area contributed by atoms with Gasteiger partial charge in [-0.1, -0.05) is 18.2 Å². The summed E-state index contributed by atoms with van der Waals surface area (Å²) < 4.78 is 5.71. The SMILES string of the molecule is O=C(C=Cc1cccs1)N(Cc1nc2ccccc2c(=O)[nH]1)CC1CCCO1. The van der Waals surface area contributed by atoms with E-state index in [1.165, 1.54) is 0 Å². The topological polar surface area (TPSA) is 75.3 Å². The molecule has 0 saturated carbocycles. The van der Waals surface area contributed by atoms with Gasteiger partial charge in [0.05, 0.1) is 23.6 Å². The quantitative estimate of drug-likeness (QED) is 0.651. The molecule has 1 atom stereocenters. The molecular weight excluding hydrogens is 374 g/mol. The number of carbonyl (C=O) groups excluding carboxylic acids is 1. The molecule has 1 fully saturated rings. The number of fused-ring (bicyclic) bond motifs is 1. The highest BCUT2D eigenvalue weighted by atomic mass is 32.1. The fourth-order valence-electron chi connectivity index (χ4n) is 3.30. The highest BCUT2D eigenvalue weighted by Gasteiger charge is 2.22. The fourth-order valence-corrected chi connectivity index (χ4v) is 3.92. The smallest absolute Gasteiger partial charge is 0.258 e. The molecule has 0 aliphatic carbocycles. The minimum absolute atomic E-state index is 0.0197. The van der Waals surface area contributed by atoms with Crippen LogP contribution >= 0.6 is 11.3 Å². The van der Waals surface area contributed by atoms with Crippen LogP contribution in [-0.2, 0) is 16.1 Å². The number of nitrogens with one attached hydrogen (secondary N) is 1. The van der Waals surface area contributed by atoms with Crippen molar-refractivity contribution < 1.29 is 9.53 Å². The van der Waals surface area contributed by atoms with Crippen LogP contribution in [0.4, 0.5) is 0 Å². The molecular formula is C21H21N3O3S. The van der Waals surface area contributed by atoms with Gasteiger partial charge in [0, 0.05) is 24.1 Å². The second-order valence-electron chi connectivity index (χ2n) is 6.73. The molecule has 0 spiro atoms. The number of rotatable bonds is 6. The van der Waals surface area contributed by atoms with Crippen molar-refractivity contribution in [3.8, 4) is 0 Å². The van der Waals surface area contributed by atoms with Gasteiger partial charge in [-0.05, 0) is 42.5 Å². The summed E-state index contributed by atoms with van der Waals surface area (Å²) in [5.74, 6) is 0.347. The van der Waals surface area contributed by atoms with Gasteiger partial charge in [-0.25, -0.2) is 4.98 Å². The summed E-state index contributed by atoms with van der Waals surface area (Å²) in [6.07, 6.45) is 5.33. The number of amides is 1. The first kappa shape index (κ1) is 18.6. The third-order valence-electron chi connectivity index (χ3n) is 4.70. The number of hydrogen-bond donors (Lipinski definition) is 1. The average Bonchev–Trinajstić information content (AvgIpc) is 3.40. The highest BCUT2D eigenvalue weighted by molar-refractivity contribution is 7.10. The molecule has 7 heteroatoms. The highest BCUT2D eigenvalue weighted by Crippen LogP contribution is 2.16. The van der Waals surface area contributed by atoms with Crippen LogP contribution in [0, 0.1) is 0 Å². The Morgan fingerprint density at radius 1 is 1.32 bits per heavy atom. The lowest BCUT2D eigenvalue weighted by Crippen LogP contribution is -2.36. The lowest BCUT2D eigenvalue weighted by atomic mass is 10.2. The Bertz CT molecular complexity index is 1040. The van der Waals surface area contributed by atoms with Crippen molar-refractivity contribution in [2.24, 2.45) is 0 Å². The van der Waals surface area contributed by atoms with Gasteiger partial charge < -0.3 is 14.6 Å². The lowest BCUT2D eigenvalue weighted by Gasteiger charge is -2.24. The Morgan fingerprint density at radius 3 is 3.00 bits per heavy atom. The summed E-state index contributed by atoms with van der Waals surface area (Å²) in [6, 6.07) is 11.1. The molecule has 1 aliphatic rings. The Hall–Kier alpha value is -2.77. The van der Waals surface area contributed by atoms with E-state index in [2.05, 4.69) is 9.97 Å². The Morgan fingerprint density at radius 2 is 2.21 bits per heavy atom. The van der Waals surface area contributed by atoms with Crippen LogP contribution in [0.1, 0.15) is 23.5 Å². The lowest BCUT2D eigenvalue weighted by molar-refractivity contribution is -0.128. The number of benzene rings is 1. The second kappa shape index (κ2) is 8.50. The maximum absolute atomic E-state index is 12.8. The molecule has 0 radical (unpaired) electrons. The van der Waals surface area contributed by atoms with E-state index in [1.54, 1.807) is 34.4 Å². The van der Waals surface area contributed by atoms with E-state index in [4.69, 9.17) is 4.74 Å². The third kappa shape index (κ3) is 4.37. The zero-order chi connectivity index (χ0) is 19.3. The summed E-state index contributed by atoms with van der Waals surface area (Å²) in [7, 11) is 0. The van der Waals surface area contributed by atoms with Crippen molar-refractivity contribution in [3.63, 3.8) is 0 Å². The largest absolute Gasteiger partial charge is 0.376 e. The third-order valence-corrected chi connectivity index (χ3v) is 5.53. The number of carbonyl (C=O) groups is 1.